The Labute approximate surface area is 108 Å². The van der Waals surface area contributed by atoms with Gasteiger partial charge in [0.25, 0.3) is 0 Å². The van der Waals surface area contributed by atoms with E-state index in [1.165, 1.54) is 0 Å². The predicted octanol–water partition coefficient (Wildman–Crippen LogP) is 2.14. The van der Waals surface area contributed by atoms with Gasteiger partial charge >= 0.3 is 5.69 Å². The van der Waals surface area contributed by atoms with Crippen molar-refractivity contribution in [2.75, 3.05) is 6.61 Å². The average molecular weight is 272 g/mol. The fourth-order valence-electron chi connectivity index (χ4n) is 2.10. The smallest absolute Gasteiger partial charge is 0.305 e. The number of halogens is 2. The molecule has 0 aliphatic carbocycles. The van der Waals surface area contributed by atoms with Crippen molar-refractivity contribution in [3.05, 3.63) is 39.4 Å². The topological polar surface area (TPSA) is 64.4 Å². The lowest BCUT2D eigenvalue weighted by atomic mass is 10.1. The molecular weight excluding hydrogens is 258 g/mol. The summed E-state index contributed by atoms with van der Waals surface area (Å²) in [6.07, 6.45) is 0.810. The summed E-state index contributed by atoms with van der Waals surface area (Å²) in [5, 5.41) is 13.7. The van der Waals surface area contributed by atoms with Crippen LogP contribution in [0.3, 0.4) is 0 Å². The Balaban J connectivity index is 2.11. The van der Waals surface area contributed by atoms with Crippen LogP contribution in [0, 0.1) is 21.7 Å². The fraction of sp³-hybridized carbons (Fsp3) is 0.500. The summed E-state index contributed by atoms with van der Waals surface area (Å²) in [6, 6.07) is 1.55. The van der Waals surface area contributed by atoms with Crippen LogP contribution in [0.4, 0.5) is 14.5 Å². The summed E-state index contributed by atoms with van der Waals surface area (Å²) in [5.41, 5.74) is -0.638. The first-order valence-electron chi connectivity index (χ1n) is 5.96. The van der Waals surface area contributed by atoms with Gasteiger partial charge in [-0.1, -0.05) is 0 Å². The van der Waals surface area contributed by atoms with Gasteiger partial charge in [-0.25, -0.2) is 4.39 Å². The van der Waals surface area contributed by atoms with E-state index in [9.17, 15) is 18.9 Å². The van der Waals surface area contributed by atoms with Crippen molar-refractivity contribution < 1.29 is 18.4 Å². The van der Waals surface area contributed by atoms with Crippen molar-refractivity contribution in [3.63, 3.8) is 0 Å². The summed E-state index contributed by atoms with van der Waals surface area (Å²) in [4.78, 5) is 9.74. The van der Waals surface area contributed by atoms with Gasteiger partial charge in [-0.3, -0.25) is 10.1 Å². The molecular formula is C12H14F2N2O3. The Hall–Kier alpha value is -1.60. The lowest BCUT2D eigenvalue weighted by Crippen LogP contribution is -2.34. The van der Waals surface area contributed by atoms with Gasteiger partial charge in [-0.15, -0.1) is 0 Å². The molecule has 7 heteroatoms. The van der Waals surface area contributed by atoms with Gasteiger partial charge < -0.3 is 10.1 Å². The third-order valence-corrected chi connectivity index (χ3v) is 3.24. The second-order valence-corrected chi connectivity index (χ2v) is 4.50. The Kier molecular flexibility index (Phi) is 4.06. The standard InChI is InChI=1S/C12H14F2N2O3/c1-7-11(2-3-19-7)15-6-8-4-12(16(17)18)10(14)5-9(8)13/h4-5,7,11,15H,2-3,6H2,1H3. The highest BCUT2D eigenvalue weighted by Gasteiger charge is 2.24. The van der Waals surface area contributed by atoms with Crippen LogP contribution in [-0.4, -0.2) is 23.7 Å². The molecule has 0 amide bonds. The Morgan fingerprint density at radius 1 is 1.47 bits per heavy atom. The normalized spacial score (nSPS) is 22.7. The number of nitro benzene ring substituents is 1. The zero-order chi connectivity index (χ0) is 14.0. The molecule has 2 rings (SSSR count). The minimum absolute atomic E-state index is 0.0125. The second kappa shape index (κ2) is 5.58. The van der Waals surface area contributed by atoms with Gasteiger partial charge in [-0.05, 0) is 13.3 Å². The maximum atomic E-state index is 13.5. The van der Waals surface area contributed by atoms with Crippen LogP contribution < -0.4 is 5.32 Å². The highest BCUT2D eigenvalue weighted by Crippen LogP contribution is 2.22. The zero-order valence-electron chi connectivity index (χ0n) is 10.4. The van der Waals surface area contributed by atoms with Gasteiger partial charge in [0, 0.05) is 36.9 Å². The van der Waals surface area contributed by atoms with E-state index in [0.29, 0.717) is 12.7 Å². The van der Waals surface area contributed by atoms with Gasteiger partial charge in [0.1, 0.15) is 5.82 Å². The molecule has 0 spiro atoms. The van der Waals surface area contributed by atoms with Gasteiger partial charge in [0.15, 0.2) is 0 Å². The van der Waals surface area contributed by atoms with Crippen LogP contribution in [0.5, 0.6) is 0 Å². The second-order valence-electron chi connectivity index (χ2n) is 4.50. The summed E-state index contributed by atoms with van der Waals surface area (Å²) in [5.74, 6) is -1.95. The molecule has 19 heavy (non-hydrogen) atoms. The molecule has 1 aliphatic heterocycles. The van der Waals surface area contributed by atoms with Crippen molar-refractivity contribution in [1.29, 1.82) is 0 Å². The van der Waals surface area contributed by atoms with E-state index in [0.717, 1.165) is 12.5 Å². The molecule has 2 atom stereocenters. The molecule has 0 radical (unpaired) electrons. The molecule has 1 fully saturated rings. The number of nitrogens with zero attached hydrogens (tertiary/aromatic N) is 1. The summed E-state index contributed by atoms with van der Waals surface area (Å²) < 4.78 is 32.0. The quantitative estimate of drug-likeness (QED) is 0.673. The summed E-state index contributed by atoms with van der Waals surface area (Å²) in [7, 11) is 0. The molecule has 1 aromatic carbocycles. The van der Waals surface area contributed by atoms with Crippen LogP contribution in [0.2, 0.25) is 0 Å². The lowest BCUT2D eigenvalue weighted by Gasteiger charge is -2.16. The van der Waals surface area contributed by atoms with E-state index in [4.69, 9.17) is 4.74 Å². The molecule has 1 heterocycles. The van der Waals surface area contributed by atoms with Crippen LogP contribution in [0.25, 0.3) is 0 Å². The number of hydrogen-bond donors (Lipinski definition) is 1. The van der Waals surface area contributed by atoms with E-state index in [2.05, 4.69) is 5.32 Å². The molecule has 0 saturated carbocycles. The van der Waals surface area contributed by atoms with Crippen molar-refractivity contribution in [2.24, 2.45) is 0 Å². The maximum Gasteiger partial charge on any atom is 0.305 e. The molecule has 0 bridgehead atoms. The first kappa shape index (κ1) is 13.8. The molecule has 1 aromatic rings. The maximum absolute atomic E-state index is 13.5. The monoisotopic (exact) mass is 272 g/mol. The first-order valence-corrected chi connectivity index (χ1v) is 5.96. The number of rotatable bonds is 4. The van der Waals surface area contributed by atoms with Crippen LogP contribution in [0.15, 0.2) is 12.1 Å². The molecule has 104 valence electrons. The minimum Gasteiger partial charge on any atom is -0.377 e. The number of ether oxygens (including phenoxy) is 1. The van der Waals surface area contributed by atoms with Crippen LogP contribution in [-0.2, 0) is 11.3 Å². The Morgan fingerprint density at radius 2 is 2.21 bits per heavy atom. The highest BCUT2D eigenvalue weighted by molar-refractivity contribution is 5.37. The minimum atomic E-state index is -1.16. The number of nitro groups is 1. The van der Waals surface area contributed by atoms with Crippen molar-refractivity contribution >= 4 is 5.69 Å². The lowest BCUT2D eigenvalue weighted by molar-refractivity contribution is -0.387. The van der Waals surface area contributed by atoms with Crippen molar-refractivity contribution in [1.82, 2.24) is 5.32 Å². The van der Waals surface area contributed by atoms with E-state index < -0.39 is 22.2 Å². The van der Waals surface area contributed by atoms with Crippen molar-refractivity contribution in [3.8, 4) is 0 Å². The molecule has 0 aromatic heterocycles. The molecule has 1 N–H and O–H groups in total. The van der Waals surface area contributed by atoms with E-state index in [-0.39, 0.29) is 24.3 Å². The largest absolute Gasteiger partial charge is 0.377 e. The van der Waals surface area contributed by atoms with Gasteiger partial charge in [-0.2, -0.15) is 4.39 Å². The zero-order valence-corrected chi connectivity index (χ0v) is 10.4. The third kappa shape index (κ3) is 3.05. The van der Waals surface area contributed by atoms with E-state index in [1.807, 2.05) is 6.92 Å². The summed E-state index contributed by atoms with van der Waals surface area (Å²) >= 11 is 0. The fourth-order valence-corrected chi connectivity index (χ4v) is 2.10. The van der Waals surface area contributed by atoms with Gasteiger partial charge in [0.2, 0.25) is 5.82 Å². The molecule has 5 nitrogen and oxygen atoms in total. The first-order chi connectivity index (χ1) is 8.99. The third-order valence-electron chi connectivity index (χ3n) is 3.24. The Bertz CT molecular complexity index is 496. The molecule has 1 saturated heterocycles. The van der Waals surface area contributed by atoms with Crippen LogP contribution >= 0.6 is 0 Å². The SMILES string of the molecule is CC1OCCC1NCc1cc([N+](=O)[O-])c(F)cc1F. The molecule has 2 unspecified atom stereocenters. The molecule has 1 aliphatic rings. The number of benzene rings is 1. The number of hydrogen-bond acceptors (Lipinski definition) is 4. The van der Waals surface area contributed by atoms with Crippen molar-refractivity contribution in [2.45, 2.75) is 32.0 Å². The average Bonchev–Trinajstić information content (AvgIpc) is 2.73. The van der Waals surface area contributed by atoms with E-state index in [1.54, 1.807) is 0 Å². The predicted molar refractivity (Wildman–Crippen MR) is 63.7 cm³/mol. The summed E-state index contributed by atoms with van der Waals surface area (Å²) in [6.45, 7) is 2.63. The number of nitrogens with one attached hydrogen (secondary N) is 1. The van der Waals surface area contributed by atoms with Gasteiger partial charge in [0.05, 0.1) is 11.0 Å². The van der Waals surface area contributed by atoms with Crippen LogP contribution in [0.1, 0.15) is 18.9 Å². The highest BCUT2D eigenvalue weighted by atomic mass is 19.1. The van der Waals surface area contributed by atoms with E-state index >= 15 is 0 Å². The Morgan fingerprint density at radius 3 is 2.79 bits per heavy atom.